The molecule has 0 amide bonds. The first-order chi connectivity index (χ1) is 11.3. The van der Waals surface area contributed by atoms with Crippen LogP contribution in [0.3, 0.4) is 0 Å². The van der Waals surface area contributed by atoms with Crippen molar-refractivity contribution in [2.24, 2.45) is 0 Å². The highest BCUT2D eigenvalue weighted by atomic mass is 32.2. The van der Waals surface area contributed by atoms with E-state index in [0.29, 0.717) is 11.5 Å². The second-order valence-corrected chi connectivity index (χ2v) is 6.33. The van der Waals surface area contributed by atoms with Gasteiger partial charge in [-0.1, -0.05) is 11.8 Å². The van der Waals surface area contributed by atoms with Crippen molar-refractivity contribution < 1.29 is 9.47 Å². The maximum atomic E-state index is 5.34. The number of aromatic nitrogens is 3. The molecule has 5 nitrogen and oxygen atoms in total. The monoisotopic (exact) mass is 345 g/mol. The van der Waals surface area contributed by atoms with E-state index in [4.69, 9.17) is 9.47 Å². The molecule has 3 aromatic rings. The van der Waals surface area contributed by atoms with Crippen LogP contribution in [0.25, 0.3) is 10.6 Å². The minimum atomic E-state index is 0.703. The maximum absolute atomic E-state index is 5.34. The molecule has 3 rings (SSSR count). The number of thioether (sulfide) groups is 1. The lowest BCUT2D eigenvalue weighted by molar-refractivity contribution is 0.355. The van der Waals surface area contributed by atoms with Gasteiger partial charge in [0.1, 0.15) is 5.01 Å². The Bertz CT molecular complexity index is 778. The van der Waals surface area contributed by atoms with E-state index in [1.165, 1.54) is 0 Å². The largest absolute Gasteiger partial charge is 0.493 e. The molecule has 2 heterocycles. The van der Waals surface area contributed by atoms with Crippen LogP contribution in [-0.2, 0) is 5.75 Å². The lowest BCUT2D eigenvalue weighted by Crippen LogP contribution is -1.91. The standard InChI is InChI=1S/C16H15N3O2S2/c1-20-13-5-4-11(8-14(13)21-2)15-19-12(9-22-15)10-23-16-17-6-3-7-18-16/h3-9H,10H2,1-2H3. The first-order valence-electron chi connectivity index (χ1n) is 6.87. The Morgan fingerprint density at radius 1 is 1.09 bits per heavy atom. The molecular formula is C16H15N3O2S2. The fourth-order valence-electron chi connectivity index (χ4n) is 1.97. The molecular weight excluding hydrogens is 330 g/mol. The van der Waals surface area contributed by atoms with E-state index in [1.807, 2.05) is 24.3 Å². The second kappa shape index (κ2) is 7.43. The van der Waals surface area contributed by atoms with Crippen LogP contribution in [0.4, 0.5) is 0 Å². The zero-order valence-electron chi connectivity index (χ0n) is 12.7. The Hall–Kier alpha value is -2.12. The van der Waals surface area contributed by atoms with Gasteiger partial charge in [-0.3, -0.25) is 0 Å². The normalized spacial score (nSPS) is 10.5. The molecule has 1 aromatic carbocycles. The quantitative estimate of drug-likeness (QED) is 0.499. The molecule has 0 aliphatic heterocycles. The van der Waals surface area contributed by atoms with Gasteiger partial charge in [-0.05, 0) is 24.3 Å². The Morgan fingerprint density at radius 3 is 2.61 bits per heavy atom. The van der Waals surface area contributed by atoms with Gasteiger partial charge >= 0.3 is 0 Å². The molecule has 0 radical (unpaired) electrons. The van der Waals surface area contributed by atoms with Crippen molar-refractivity contribution in [3.8, 4) is 22.1 Å². The molecule has 0 spiro atoms. The number of ether oxygens (including phenoxy) is 2. The number of rotatable bonds is 6. The predicted octanol–water partition coefficient (Wildman–Crippen LogP) is 3.91. The van der Waals surface area contributed by atoms with Crippen LogP contribution < -0.4 is 9.47 Å². The number of thiazole rings is 1. The van der Waals surface area contributed by atoms with Crippen molar-refractivity contribution in [1.82, 2.24) is 15.0 Å². The molecule has 0 atom stereocenters. The summed E-state index contributed by atoms with van der Waals surface area (Å²) in [5.74, 6) is 2.16. The highest BCUT2D eigenvalue weighted by Gasteiger charge is 2.10. The van der Waals surface area contributed by atoms with Crippen molar-refractivity contribution >= 4 is 23.1 Å². The van der Waals surface area contributed by atoms with Gasteiger partial charge in [0, 0.05) is 29.1 Å². The molecule has 0 bridgehead atoms. The molecule has 0 saturated heterocycles. The summed E-state index contributed by atoms with van der Waals surface area (Å²) in [4.78, 5) is 13.1. The van der Waals surface area contributed by atoms with Gasteiger partial charge in [-0.25, -0.2) is 15.0 Å². The number of hydrogen-bond acceptors (Lipinski definition) is 7. The highest BCUT2D eigenvalue weighted by molar-refractivity contribution is 7.98. The van der Waals surface area contributed by atoms with Crippen LogP contribution in [-0.4, -0.2) is 29.2 Å². The third-order valence-corrected chi connectivity index (χ3v) is 4.92. The molecule has 0 aliphatic rings. The average molecular weight is 345 g/mol. The summed E-state index contributed by atoms with van der Waals surface area (Å²) < 4.78 is 10.6. The first-order valence-corrected chi connectivity index (χ1v) is 8.73. The molecule has 0 fully saturated rings. The molecule has 0 unspecified atom stereocenters. The summed E-state index contributed by atoms with van der Waals surface area (Å²) in [7, 11) is 3.26. The average Bonchev–Trinajstić information content (AvgIpc) is 3.09. The summed E-state index contributed by atoms with van der Waals surface area (Å²) in [5.41, 5.74) is 2.03. The van der Waals surface area contributed by atoms with Gasteiger partial charge in [0.2, 0.25) is 0 Å². The van der Waals surface area contributed by atoms with Crippen LogP contribution in [0, 0.1) is 0 Å². The summed E-state index contributed by atoms with van der Waals surface area (Å²) in [5, 5.41) is 3.77. The Labute approximate surface area is 142 Å². The minimum Gasteiger partial charge on any atom is -0.493 e. The van der Waals surface area contributed by atoms with E-state index in [2.05, 4.69) is 20.3 Å². The fourth-order valence-corrected chi connectivity index (χ4v) is 3.59. The van der Waals surface area contributed by atoms with Gasteiger partial charge in [-0.15, -0.1) is 11.3 Å². The van der Waals surface area contributed by atoms with E-state index in [0.717, 1.165) is 27.2 Å². The molecule has 0 saturated carbocycles. The SMILES string of the molecule is COc1ccc(-c2nc(CSc3ncccn3)cs2)cc1OC. The van der Waals surface area contributed by atoms with Gasteiger partial charge in [0.25, 0.3) is 0 Å². The number of methoxy groups -OCH3 is 2. The van der Waals surface area contributed by atoms with Gasteiger partial charge in [0.15, 0.2) is 16.7 Å². The zero-order chi connectivity index (χ0) is 16.1. The number of benzene rings is 1. The van der Waals surface area contributed by atoms with E-state index >= 15 is 0 Å². The van der Waals surface area contributed by atoms with E-state index in [9.17, 15) is 0 Å². The van der Waals surface area contributed by atoms with Crippen molar-refractivity contribution in [3.05, 3.63) is 47.7 Å². The van der Waals surface area contributed by atoms with Crippen molar-refractivity contribution in [3.63, 3.8) is 0 Å². The Balaban J connectivity index is 1.74. The third kappa shape index (κ3) is 3.80. The zero-order valence-corrected chi connectivity index (χ0v) is 14.4. The number of hydrogen-bond donors (Lipinski definition) is 0. The number of nitrogens with zero attached hydrogens (tertiary/aromatic N) is 3. The van der Waals surface area contributed by atoms with Gasteiger partial charge in [-0.2, -0.15) is 0 Å². The van der Waals surface area contributed by atoms with Crippen LogP contribution in [0.5, 0.6) is 11.5 Å². The summed E-state index contributed by atoms with van der Waals surface area (Å²) in [6.07, 6.45) is 3.48. The summed E-state index contributed by atoms with van der Waals surface area (Å²) in [6.45, 7) is 0. The summed E-state index contributed by atoms with van der Waals surface area (Å²) in [6, 6.07) is 7.62. The smallest absolute Gasteiger partial charge is 0.187 e. The highest BCUT2D eigenvalue weighted by Crippen LogP contribution is 2.34. The minimum absolute atomic E-state index is 0.703. The summed E-state index contributed by atoms with van der Waals surface area (Å²) >= 11 is 3.18. The lowest BCUT2D eigenvalue weighted by atomic mass is 10.2. The molecule has 118 valence electrons. The third-order valence-electron chi connectivity index (χ3n) is 3.07. The van der Waals surface area contributed by atoms with Crippen LogP contribution in [0.15, 0.2) is 47.2 Å². The molecule has 2 aromatic heterocycles. The molecule has 7 heteroatoms. The lowest BCUT2D eigenvalue weighted by Gasteiger charge is -2.08. The molecule has 0 aliphatic carbocycles. The van der Waals surface area contributed by atoms with Crippen LogP contribution in [0.2, 0.25) is 0 Å². The van der Waals surface area contributed by atoms with Gasteiger partial charge < -0.3 is 9.47 Å². The Kier molecular flexibility index (Phi) is 5.09. The van der Waals surface area contributed by atoms with Crippen molar-refractivity contribution in [2.45, 2.75) is 10.9 Å². The fraction of sp³-hybridized carbons (Fsp3) is 0.188. The molecule has 23 heavy (non-hydrogen) atoms. The van der Waals surface area contributed by atoms with E-state index < -0.39 is 0 Å². The van der Waals surface area contributed by atoms with Gasteiger partial charge in [0.05, 0.1) is 19.9 Å². The van der Waals surface area contributed by atoms with Crippen molar-refractivity contribution in [2.75, 3.05) is 14.2 Å². The van der Waals surface area contributed by atoms with E-state index in [-0.39, 0.29) is 0 Å². The second-order valence-electron chi connectivity index (χ2n) is 4.53. The predicted molar refractivity (Wildman–Crippen MR) is 92.2 cm³/mol. The van der Waals surface area contributed by atoms with Crippen LogP contribution in [0.1, 0.15) is 5.69 Å². The van der Waals surface area contributed by atoms with E-state index in [1.54, 1.807) is 49.7 Å². The maximum Gasteiger partial charge on any atom is 0.187 e. The van der Waals surface area contributed by atoms with Crippen molar-refractivity contribution in [1.29, 1.82) is 0 Å². The first kappa shape index (κ1) is 15.8. The van der Waals surface area contributed by atoms with Crippen LogP contribution >= 0.6 is 23.1 Å². The molecule has 0 N–H and O–H groups in total. The topological polar surface area (TPSA) is 57.1 Å². The Morgan fingerprint density at radius 2 is 1.87 bits per heavy atom.